The van der Waals surface area contributed by atoms with E-state index in [1.165, 1.54) is 0 Å². The van der Waals surface area contributed by atoms with E-state index in [0.29, 0.717) is 12.8 Å². The largest absolute Gasteiger partial charge is 0.481 e. The normalized spacial score (nSPS) is 17.4. The van der Waals surface area contributed by atoms with Gasteiger partial charge in [0.05, 0.1) is 6.42 Å². The number of carbonyl (C=O) groups is 3. The lowest BCUT2D eigenvalue weighted by Gasteiger charge is -2.36. The Morgan fingerprint density at radius 3 is 2.31 bits per heavy atom. The number of aliphatic carboxylic acids is 1. The Hall–Kier alpha value is -1.79. The fourth-order valence-corrected chi connectivity index (χ4v) is 3.37. The second-order valence-corrected chi connectivity index (χ2v) is 7.70. The molecule has 0 saturated heterocycles. The first-order valence-electron chi connectivity index (χ1n) is 9.62. The number of ether oxygens (including phenoxy) is 2. The van der Waals surface area contributed by atoms with E-state index in [1.807, 2.05) is 20.8 Å². The maximum Gasteiger partial charge on any atom is 0.410 e. The fourth-order valence-electron chi connectivity index (χ4n) is 3.37. The lowest BCUT2D eigenvalue weighted by molar-refractivity contribution is -0.169. The van der Waals surface area contributed by atoms with Gasteiger partial charge in [0.2, 0.25) is 6.29 Å². The molecular formula is C19H33NO6. The highest BCUT2D eigenvalue weighted by atomic mass is 16.7. The van der Waals surface area contributed by atoms with Gasteiger partial charge in [0.25, 0.3) is 0 Å². The second-order valence-electron chi connectivity index (χ2n) is 7.70. The third-order valence-corrected chi connectivity index (χ3v) is 4.65. The lowest BCUT2D eigenvalue weighted by Crippen LogP contribution is -2.42. The van der Waals surface area contributed by atoms with Gasteiger partial charge in [0, 0.05) is 19.4 Å². The molecule has 7 heteroatoms. The smallest absolute Gasteiger partial charge is 0.410 e. The van der Waals surface area contributed by atoms with Crippen LogP contribution in [0, 0.1) is 11.3 Å². The maximum absolute atomic E-state index is 12.1. The van der Waals surface area contributed by atoms with Crippen molar-refractivity contribution in [3.8, 4) is 0 Å². The van der Waals surface area contributed by atoms with Crippen molar-refractivity contribution in [2.45, 2.75) is 84.8 Å². The molecule has 1 saturated carbocycles. The van der Waals surface area contributed by atoms with Gasteiger partial charge in [-0.15, -0.1) is 0 Å². The minimum atomic E-state index is -0.909. The van der Waals surface area contributed by atoms with E-state index in [4.69, 9.17) is 9.47 Å². The summed E-state index contributed by atoms with van der Waals surface area (Å²) in [6, 6.07) is 0. The molecule has 1 atom stereocenters. The molecule has 1 aliphatic carbocycles. The number of hydrogen-bond acceptors (Lipinski definition) is 5. The summed E-state index contributed by atoms with van der Waals surface area (Å²) in [5, 5.41) is 11.9. The Bertz CT molecular complexity index is 471. The van der Waals surface area contributed by atoms with Gasteiger partial charge in [-0.25, -0.2) is 4.79 Å². The van der Waals surface area contributed by atoms with Crippen LogP contribution in [0.3, 0.4) is 0 Å². The SMILES string of the molecule is CCCC(OC(=O)CC(C)C)OC(=O)NCC1(CC(=O)O)CCCCC1. The highest BCUT2D eigenvalue weighted by Crippen LogP contribution is 2.38. The van der Waals surface area contributed by atoms with Gasteiger partial charge in [-0.3, -0.25) is 9.59 Å². The summed E-state index contributed by atoms with van der Waals surface area (Å²) in [6.45, 7) is 6.00. The third kappa shape index (κ3) is 8.54. The van der Waals surface area contributed by atoms with Crippen LogP contribution < -0.4 is 5.32 Å². The molecule has 0 aromatic carbocycles. The zero-order valence-corrected chi connectivity index (χ0v) is 16.2. The van der Waals surface area contributed by atoms with Gasteiger partial charge in [-0.05, 0) is 30.6 Å². The highest BCUT2D eigenvalue weighted by molar-refractivity contribution is 5.71. The zero-order chi connectivity index (χ0) is 19.6. The molecule has 1 fully saturated rings. The number of rotatable bonds is 10. The topological polar surface area (TPSA) is 102 Å². The highest BCUT2D eigenvalue weighted by Gasteiger charge is 2.35. The predicted octanol–water partition coefficient (Wildman–Crippen LogP) is 3.85. The molecule has 2 N–H and O–H groups in total. The van der Waals surface area contributed by atoms with Crippen LogP contribution in [0.2, 0.25) is 0 Å². The third-order valence-electron chi connectivity index (χ3n) is 4.65. The molecule has 0 heterocycles. The average Bonchev–Trinajstić information content (AvgIpc) is 2.52. The van der Waals surface area contributed by atoms with Crippen LogP contribution in [0.15, 0.2) is 0 Å². The number of alkyl carbamates (subject to hydrolysis) is 1. The molecule has 0 radical (unpaired) electrons. The molecule has 150 valence electrons. The Morgan fingerprint density at radius 1 is 1.12 bits per heavy atom. The maximum atomic E-state index is 12.1. The Labute approximate surface area is 155 Å². The summed E-state index contributed by atoms with van der Waals surface area (Å²) in [5.74, 6) is -1.07. The average molecular weight is 371 g/mol. The number of carboxylic acid groups (broad SMARTS) is 1. The molecule has 1 aliphatic rings. The Kier molecular flexibility index (Phi) is 9.44. The van der Waals surface area contributed by atoms with Crippen LogP contribution in [0.1, 0.15) is 78.6 Å². The van der Waals surface area contributed by atoms with E-state index in [1.54, 1.807) is 0 Å². The Morgan fingerprint density at radius 2 is 1.77 bits per heavy atom. The second kappa shape index (κ2) is 11.0. The summed E-state index contributed by atoms with van der Waals surface area (Å²) in [6.07, 6.45) is 4.45. The van der Waals surface area contributed by atoms with Gasteiger partial charge in [-0.2, -0.15) is 0 Å². The molecule has 0 aromatic rings. The molecule has 1 amide bonds. The van der Waals surface area contributed by atoms with Gasteiger partial charge < -0.3 is 19.9 Å². The number of esters is 1. The minimum absolute atomic E-state index is 0.0367. The van der Waals surface area contributed by atoms with E-state index in [9.17, 15) is 19.5 Å². The number of carboxylic acids is 1. The molecule has 0 bridgehead atoms. The van der Waals surface area contributed by atoms with E-state index in [0.717, 1.165) is 32.1 Å². The van der Waals surface area contributed by atoms with Crippen molar-refractivity contribution in [1.29, 1.82) is 0 Å². The van der Waals surface area contributed by atoms with Gasteiger partial charge in [0.1, 0.15) is 0 Å². The monoisotopic (exact) mass is 371 g/mol. The fraction of sp³-hybridized carbons (Fsp3) is 0.842. The zero-order valence-electron chi connectivity index (χ0n) is 16.2. The van der Waals surface area contributed by atoms with Crippen molar-refractivity contribution in [2.75, 3.05) is 6.54 Å². The van der Waals surface area contributed by atoms with Crippen molar-refractivity contribution >= 4 is 18.0 Å². The van der Waals surface area contributed by atoms with Crippen LogP contribution in [-0.2, 0) is 19.1 Å². The summed E-state index contributed by atoms with van der Waals surface area (Å²) < 4.78 is 10.5. The van der Waals surface area contributed by atoms with E-state index < -0.39 is 23.8 Å². The van der Waals surface area contributed by atoms with Crippen molar-refractivity contribution in [3.05, 3.63) is 0 Å². The number of hydrogen-bond donors (Lipinski definition) is 2. The van der Waals surface area contributed by atoms with Crippen LogP contribution in [0.5, 0.6) is 0 Å². The molecule has 0 aliphatic heterocycles. The molecular weight excluding hydrogens is 338 g/mol. The molecule has 7 nitrogen and oxygen atoms in total. The number of carbonyl (C=O) groups excluding carboxylic acids is 2. The van der Waals surface area contributed by atoms with Crippen molar-refractivity contribution < 1.29 is 29.0 Å². The molecule has 1 unspecified atom stereocenters. The van der Waals surface area contributed by atoms with Crippen LogP contribution in [-0.4, -0.2) is 36.0 Å². The van der Waals surface area contributed by atoms with Gasteiger partial charge in [0.15, 0.2) is 0 Å². The van der Waals surface area contributed by atoms with Gasteiger partial charge >= 0.3 is 18.0 Å². The summed E-state index contributed by atoms with van der Waals surface area (Å²) in [7, 11) is 0. The summed E-state index contributed by atoms with van der Waals surface area (Å²) >= 11 is 0. The Balaban J connectivity index is 2.54. The van der Waals surface area contributed by atoms with Crippen LogP contribution in [0.4, 0.5) is 4.79 Å². The minimum Gasteiger partial charge on any atom is -0.481 e. The molecule has 1 rings (SSSR count). The quantitative estimate of drug-likeness (QED) is 0.447. The molecule has 0 spiro atoms. The van der Waals surface area contributed by atoms with Crippen LogP contribution >= 0.6 is 0 Å². The van der Waals surface area contributed by atoms with Gasteiger partial charge in [-0.1, -0.05) is 40.0 Å². The first-order valence-corrected chi connectivity index (χ1v) is 9.62. The first-order chi connectivity index (χ1) is 12.3. The molecule has 26 heavy (non-hydrogen) atoms. The lowest BCUT2D eigenvalue weighted by atomic mass is 9.72. The standard InChI is InChI=1S/C19H33NO6/c1-4-8-17(25-16(23)11-14(2)3)26-18(24)20-13-19(12-15(21)22)9-6-5-7-10-19/h14,17H,4-13H2,1-3H3,(H,20,24)(H,21,22). The van der Waals surface area contributed by atoms with E-state index in [-0.39, 0.29) is 31.3 Å². The number of amides is 1. The van der Waals surface area contributed by atoms with Crippen molar-refractivity contribution in [2.24, 2.45) is 11.3 Å². The van der Waals surface area contributed by atoms with E-state index >= 15 is 0 Å². The number of nitrogens with one attached hydrogen (secondary N) is 1. The summed E-state index contributed by atoms with van der Waals surface area (Å²) in [4.78, 5) is 35.1. The predicted molar refractivity (Wildman–Crippen MR) is 96.5 cm³/mol. The van der Waals surface area contributed by atoms with Crippen molar-refractivity contribution in [3.63, 3.8) is 0 Å². The first kappa shape index (κ1) is 22.3. The van der Waals surface area contributed by atoms with E-state index in [2.05, 4.69) is 5.32 Å². The van der Waals surface area contributed by atoms with Crippen molar-refractivity contribution in [1.82, 2.24) is 5.32 Å². The molecule has 0 aromatic heterocycles. The van der Waals surface area contributed by atoms with Crippen LogP contribution in [0.25, 0.3) is 0 Å². The summed E-state index contributed by atoms with van der Waals surface area (Å²) in [5.41, 5.74) is -0.419.